The van der Waals surface area contributed by atoms with E-state index in [2.05, 4.69) is 265 Å². The Morgan fingerprint density at radius 2 is 1.00 bits per heavy atom. The minimum Gasteiger partial charge on any atom is -0.309 e. The van der Waals surface area contributed by atoms with Crippen LogP contribution in [0.1, 0.15) is 36.1 Å². The molecule has 1 aliphatic rings. The smallest absolute Gasteiger partial charge is 0.155 e. The largest absolute Gasteiger partial charge is 0.309 e. The third-order valence-electron chi connectivity index (χ3n) is 15.1. The summed E-state index contributed by atoms with van der Waals surface area (Å²) in [6.07, 6.45) is 0.895. The normalized spacial score (nSPS) is 15.0. The van der Waals surface area contributed by atoms with E-state index < -0.39 is 0 Å². The maximum absolute atomic E-state index is 5.57. The van der Waals surface area contributed by atoms with Gasteiger partial charge in [-0.05, 0) is 110 Å². The predicted molar refractivity (Wildman–Crippen MR) is 303 cm³/mol. The van der Waals surface area contributed by atoms with E-state index in [-0.39, 0.29) is 12.0 Å². The fourth-order valence-corrected chi connectivity index (χ4v) is 11.8. The van der Waals surface area contributed by atoms with E-state index in [0.717, 1.165) is 46.0 Å². The summed E-state index contributed by atoms with van der Waals surface area (Å²) in [5.74, 6) is 0.847. The van der Waals surface area contributed by atoms with Gasteiger partial charge in [-0.3, -0.25) is 4.99 Å². The Morgan fingerprint density at radius 3 is 1.78 bits per heavy atom. The van der Waals surface area contributed by atoms with Gasteiger partial charge in [-0.15, -0.1) is 0 Å². The van der Waals surface area contributed by atoms with Crippen LogP contribution in [0.25, 0.3) is 98.8 Å². The van der Waals surface area contributed by atoms with Crippen molar-refractivity contribution < 1.29 is 0 Å². The summed E-state index contributed by atoms with van der Waals surface area (Å²) in [4.78, 5) is 11.1. The minimum atomic E-state index is -0.0857. The van der Waals surface area contributed by atoms with Crippen molar-refractivity contribution in [1.82, 2.24) is 9.13 Å². The van der Waals surface area contributed by atoms with Gasteiger partial charge in [0.15, 0.2) is 5.84 Å². The molecule has 0 radical (unpaired) electrons. The zero-order valence-corrected chi connectivity index (χ0v) is 39.8. The Bertz CT molecular complexity index is 4300. The van der Waals surface area contributed by atoms with Crippen LogP contribution in [0.15, 0.2) is 259 Å². The van der Waals surface area contributed by atoms with Crippen molar-refractivity contribution in [2.24, 2.45) is 15.9 Å². The molecular weight excluding hydrogens is 873 g/mol. The van der Waals surface area contributed by atoms with Gasteiger partial charge in [0.2, 0.25) is 0 Å². The molecule has 3 heterocycles. The average Bonchev–Trinajstić information content (AvgIpc) is 3.96. The third-order valence-corrected chi connectivity index (χ3v) is 15.1. The lowest BCUT2D eigenvalue weighted by Crippen LogP contribution is -2.28. The molecule has 0 saturated carbocycles. The second-order valence-electron chi connectivity index (χ2n) is 19.1. The van der Waals surface area contributed by atoms with E-state index in [1.54, 1.807) is 0 Å². The molecular formula is C68H48N4. The van der Waals surface area contributed by atoms with Crippen LogP contribution < -0.4 is 0 Å². The Balaban J connectivity index is 0.970. The van der Waals surface area contributed by atoms with Gasteiger partial charge in [-0.25, -0.2) is 4.99 Å². The van der Waals surface area contributed by atoms with E-state index in [1.807, 2.05) is 0 Å². The molecule has 2 atom stereocenters. The first-order chi connectivity index (χ1) is 35.7. The lowest BCUT2D eigenvalue weighted by atomic mass is 9.82. The fraction of sp³-hybridized carbons (Fsp3) is 0.0588. The number of benzene rings is 11. The van der Waals surface area contributed by atoms with Crippen LogP contribution in [0.4, 0.5) is 0 Å². The zero-order chi connectivity index (χ0) is 47.7. The van der Waals surface area contributed by atoms with Gasteiger partial charge >= 0.3 is 0 Å². The number of para-hydroxylation sites is 2. The molecule has 0 saturated heterocycles. The van der Waals surface area contributed by atoms with Crippen LogP contribution in [0.3, 0.4) is 0 Å². The van der Waals surface area contributed by atoms with Gasteiger partial charge in [-0.1, -0.05) is 201 Å². The molecule has 0 N–H and O–H groups in total. The minimum absolute atomic E-state index is 0.0794. The topological polar surface area (TPSA) is 34.6 Å². The molecule has 0 fully saturated rings. The number of aliphatic imine (C=N–C) groups is 2. The molecule has 2 unspecified atom stereocenters. The highest BCUT2D eigenvalue weighted by Gasteiger charge is 2.33. The van der Waals surface area contributed by atoms with E-state index >= 15 is 0 Å². The summed E-state index contributed by atoms with van der Waals surface area (Å²) in [7, 11) is 0. The second kappa shape index (κ2) is 17.1. The molecule has 4 heteroatoms. The van der Waals surface area contributed by atoms with Gasteiger partial charge in [0, 0.05) is 50.0 Å². The number of amidine groups is 1. The molecule has 72 heavy (non-hydrogen) atoms. The number of hydrogen-bond donors (Lipinski definition) is 0. The number of aromatic nitrogens is 2. The second-order valence-corrected chi connectivity index (χ2v) is 19.1. The standard InChI is InChI=1S/C68H48N4/c1-2-52-66(46-25-11-5-12-26-46)69-68(49-29-19-27-47(39-49)44-21-7-3-8-22-44)70-67(52)57-35-20-28-48-40-51(37-38-53(48)57)72-61-36-18-17-33-55(61)59-41-60-63(43-62(59)72)71(50-30-13-6-14-31-50)64-42-58(45-23-9-4-10-24-45)54-32-15-16-34-56(54)65(60)64/h3-43,52,66H,2H2,1H3. The summed E-state index contributed by atoms with van der Waals surface area (Å²) in [6.45, 7) is 2.27. The highest BCUT2D eigenvalue weighted by atomic mass is 15.0. The number of rotatable bonds is 8. The van der Waals surface area contributed by atoms with Crippen molar-refractivity contribution in [3.63, 3.8) is 0 Å². The van der Waals surface area contributed by atoms with Gasteiger partial charge in [-0.2, -0.15) is 0 Å². The molecule has 14 rings (SSSR count). The van der Waals surface area contributed by atoms with Crippen LogP contribution in [0.2, 0.25) is 0 Å². The van der Waals surface area contributed by atoms with Crippen LogP contribution in [-0.4, -0.2) is 20.7 Å². The van der Waals surface area contributed by atoms with Crippen LogP contribution in [0, 0.1) is 5.92 Å². The molecule has 2 aromatic heterocycles. The third kappa shape index (κ3) is 6.75. The molecule has 1 aliphatic heterocycles. The van der Waals surface area contributed by atoms with E-state index in [1.165, 1.54) is 87.4 Å². The summed E-state index contributed by atoms with van der Waals surface area (Å²) in [5.41, 5.74) is 16.2. The van der Waals surface area contributed by atoms with Crippen molar-refractivity contribution in [3.8, 4) is 33.6 Å². The van der Waals surface area contributed by atoms with Crippen molar-refractivity contribution >= 4 is 76.7 Å². The van der Waals surface area contributed by atoms with Crippen LogP contribution in [-0.2, 0) is 0 Å². The van der Waals surface area contributed by atoms with Gasteiger partial charge in [0.1, 0.15) is 0 Å². The van der Waals surface area contributed by atoms with E-state index in [9.17, 15) is 0 Å². The van der Waals surface area contributed by atoms with Crippen molar-refractivity contribution in [2.75, 3.05) is 0 Å². The summed E-state index contributed by atoms with van der Waals surface area (Å²) in [6, 6.07) is 90.5. The zero-order valence-electron chi connectivity index (χ0n) is 39.8. The number of fused-ring (bicyclic) bond motifs is 9. The summed E-state index contributed by atoms with van der Waals surface area (Å²) >= 11 is 0. The maximum atomic E-state index is 5.57. The van der Waals surface area contributed by atoms with Crippen molar-refractivity contribution in [3.05, 3.63) is 265 Å². The summed E-state index contributed by atoms with van der Waals surface area (Å²) in [5, 5.41) is 9.82. The first-order valence-electron chi connectivity index (χ1n) is 25.1. The first kappa shape index (κ1) is 41.8. The van der Waals surface area contributed by atoms with E-state index in [0.29, 0.717) is 0 Å². The molecule has 0 amide bonds. The lowest BCUT2D eigenvalue weighted by Gasteiger charge is -2.30. The Morgan fingerprint density at radius 1 is 0.375 bits per heavy atom. The number of hydrogen-bond acceptors (Lipinski definition) is 2. The van der Waals surface area contributed by atoms with Gasteiger partial charge in [0.25, 0.3) is 0 Å². The van der Waals surface area contributed by atoms with Crippen LogP contribution in [0.5, 0.6) is 0 Å². The average molecular weight is 921 g/mol. The van der Waals surface area contributed by atoms with Crippen molar-refractivity contribution in [2.45, 2.75) is 19.4 Å². The summed E-state index contributed by atoms with van der Waals surface area (Å²) < 4.78 is 4.95. The Labute approximate surface area is 418 Å². The Hall–Kier alpha value is -9.12. The monoisotopic (exact) mass is 920 g/mol. The lowest BCUT2D eigenvalue weighted by molar-refractivity contribution is 0.533. The molecule has 13 aromatic rings. The molecule has 4 nitrogen and oxygen atoms in total. The number of nitrogens with zero attached hydrogens (tertiary/aromatic N) is 4. The molecule has 0 bridgehead atoms. The molecule has 0 aliphatic carbocycles. The highest BCUT2D eigenvalue weighted by molar-refractivity contribution is 6.27. The SMILES string of the molecule is CCC1C(c2cccc3cc(-n4c5ccccc5c5cc6c7c8ccccc8c(-c8ccccc8)cc7n(-c7ccccc7)c6cc54)ccc23)=NC(c2cccc(-c3ccccc3)c2)=NC1c1ccccc1. The Kier molecular flexibility index (Phi) is 9.92. The molecule has 0 spiro atoms. The molecule has 11 aromatic carbocycles. The highest BCUT2D eigenvalue weighted by Crippen LogP contribution is 2.45. The molecule has 340 valence electrons. The quantitative estimate of drug-likeness (QED) is 0.146. The van der Waals surface area contributed by atoms with Gasteiger partial charge < -0.3 is 9.13 Å². The first-order valence-corrected chi connectivity index (χ1v) is 25.1. The van der Waals surface area contributed by atoms with E-state index in [4.69, 9.17) is 9.98 Å². The van der Waals surface area contributed by atoms with Crippen LogP contribution >= 0.6 is 0 Å². The van der Waals surface area contributed by atoms with Gasteiger partial charge in [0.05, 0.1) is 33.8 Å². The predicted octanol–water partition coefficient (Wildman–Crippen LogP) is 17.5. The maximum Gasteiger partial charge on any atom is 0.155 e. The fourth-order valence-electron chi connectivity index (χ4n) is 11.8. The van der Waals surface area contributed by atoms with Crippen molar-refractivity contribution in [1.29, 1.82) is 0 Å².